The minimum atomic E-state index is -0.139. The fourth-order valence-corrected chi connectivity index (χ4v) is 3.42. The van der Waals surface area contributed by atoms with E-state index in [4.69, 9.17) is 0 Å². The quantitative estimate of drug-likeness (QED) is 0.826. The van der Waals surface area contributed by atoms with Crippen LogP contribution in [0.5, 0.6) is 0 Å². The summed E-state index contributed by atoms with van der Waals surface area (Å²) in [5.41, 5.74) is 1.24. The fraction of sp³-hybridized carbons (Fsp3) is 0.625. The molecule has 3 rings (SSSR count). The Hall–Kier alpha value is -0.930. The van der Waals surface area contributed by atoms with Gasteiger partial charge in [0.15, 0.2) is 0 Å². The zero-order chi connectivity index (χ0) is 13.1. The Labute approximate surface area is 115 Å². The van der Waals surface area contributed by atoms with Crippen molar-refractivity contribution in [2.45, 2.75) is 31.7 Å². The number of benzene rings is 1. The second-order valence-corrected chi connectivity index (χ2v) is 5.86. The van der Waals surface area contributed by atoms with Crippen LogP contribution in [0.2, 0.25) is 0 Å². The van der Waals surface area contributed by atoms with Crippen LogP contribution in [0.4, 0.5) is 4.39 Å². The van der Waals surface area contributed by atoms with Crippen molar-refractivity contribution in [3.05, 3.63) is 35.6 Å². The van der Waals surface area contributed by atoms with Gasteiger partial charge in [-0.05, 0) is 63.0 Å². The molecule has 2 fully saturated rings. The van der Waals surface area contributed by atoms with Crippen molar-refractivity contribution in [2.24, 2.45) is 0 Å². The Bertz CT molecular complexity index is 404. The molecular weight excluding hydrogens is 239 g/mol. The summed E-state index contributed by atoms with van der Waals surface area (Å²) >= 11 is 0. The molecule has 2 nitrogen and oxygen atoms in total. The Morgan fingerprint density at radius 2 is 1.84 bits per heavy atom. The van der Waals surface area contributed by atoms with Crippen LogP contribution in [0, 0.1) is 5.82 Å². The van der Waals surface area contributed by atoms with Gasteiger partial charge >= 0.3 is 0 Å². The van der Waals surface area contributed by atoms with Gasteiger partial charge in [0, 0.05) is 19.1 Å². The molecule has 1 unspecified atom stereocenters. The zero-order valence-corrected chi connectivity index (χ0v) is 11.5. The van der Waals surface area contributed by atoms with E-state index in [-0.39, 0.29) is 5.82 Å². The van der Waals surface area contributed by atoms with Crippen molar-refractivity contribution in [3.63, 3.8) is 0 Å². The van der Waals surface area contributed by atoms with Crippen molar-refractivity contribution in [2.75, 3.05) is 32.7 Å². The molecule has 0 amide bonds. The number of hydrogen-bond acceptors (Lipinski definition) is 2. The van der Waals surface area contributed by atoms with Crippen molar-refractivity contribution >= 4 is 0 Å². The lowest BCUT2D eigenvalue weighted by Gasteiger charge is -2.25. The maximum atomic E-state index is 12.9. The number of fused-ring (bicyclic) bond motifs is 1. The molecule has 2 saturated heterocycles. The fourth-order valence-electron chi connectivity index (χ4n) is 3.42. The molecular formula is C16H23FN2. The predicted octanol–water partition coefficient (Wildman–Crippen LogP) is 2.54. The van der Waals surface area contributed by atoms with Gasteiger partial charge in [0.25, 0.3) is 0 Å². The molecule has 0 bridgehead atoms. The van der Waals surface area contributed by atoms with Crippen LogP contribution < -0.4 is 0 Å². The van der Waals surface area contributed by atoms with E-state index >= 15 is 0 Å². The van der Waals surface area contributed by atoms with Crippen LogP contribution in [0.15, 0.2) is 24.3 Å². The van der Waals surface area contributed by atoms with Crippen molar-refractivity contribution < 1.29 is 4.39 Å². The molecule has 0 aliphatic carbocycles. The highest BCUT2D eigenvalue weighted by Crippen LogP contribution is 2.21. The number of nitrogens with zero attached hydrogens (tertiary/aromatic N) is 2. The lowest BCUT2D eigenvalue weighted by atomic mass is 10.1. The Balaban J connectivity index is 1.53. The van der Waals surface area contributed by atoms with Crippen molar-refractivity contribution in [1.82, 2.24) is 9.80 Å². The normalized spacial score (nSPS) is 25.2. The minimum Gasteiger partial charge on any atom is -0.301 e. The molecule has 104 valence electrons. The van der Waals surface area contributed by atoms with Gasteiger partial charge in [-0.1, -0.05) is 12.1 Å². The van der Waals surface area contributed by atoms with Gasteiger partial charge in [-0.15, -0.1) is 0 Å². The summed E-state index contributed by atoms with van der Waals surface area (Å²) in [6.45, 7) is 6.12. The van der Waals surface area contributed by atoms with Crippen LogP contribution in [0.1, 0.15) is 24.8 Å². The summed E-state index contributed by atoms with van der Waals surface area (Å²) in [6.07, 6.45) is 5.07. The first-order valence-corrected chi connectivity index (χ1v) is 7.52. The number of rotatable bonds is 3. The molecule has 1 aromatic carbocycles. The first-order valence-electron chi connectivity index (χ1n) is 7.52. The summed E-state index contributed by atoms with van der Waals surface area (Å²) in [7, 11) is 0. The second-order valence-electron chi connectivity index (χ2n) is 5.86. The van der Waals surface area contributed by atoms with Gasteiger partial charge in [0.1, 0.15) is 5.82 Å². The molecule has 1 atom stereocenters. The average Bonchev–Trinajstić information content (AvgIpc) is 2.76. The first kappa shape index (κ1) is 13.1. The van der Waals surface area contributed by atoms with E-state index in [0.29, 0.717) is 0 Å². The van der Waals surface area contributed by atoms with E-state index in [1.54, 1.807) is 12.1 Å². The maximum absolute atomic E-state index is 12.9. The summed E-state index contributed by atoms with van der Waals surface area (Å²) in [4.78, 5) is 5.26. The van der Waals surface area contributed by atoms with Crippen LogP contribution >= 0.6 is 0 Å². The van der Waals surface area contributed by atoms with E-state index in [2.05, 4.69) is 9.80 Å². The van der Waals surface area contributed by atoms with Crippen LogP contribution in [-0.2, 0) is 6.42 Å². The highest BCUT2D eigenvalue weighted by atomic mass is 19.1. The van der Waals surface area contributed by atoms with E-state index in [1.807, 2.05) is 12.1 Å². The van der Waals surface area contributed by atoms with Crippen LogP contribution in [0.3, 0.4) is 0 Å². The molecule has 2 aliphatic rings. The SMILES string of the molecule is Fc1ccc(CCN2CCCN3CCCC3C2)cc1. The molecule has 0 N–H and O–H groups in total. The van der Waals surface area contributed by atoms with Crippen molar-refractivity contribution in [1.29, 1.82) is 0 Å². The molecule has 2 heterocycles. The number of halogens is 1. The summed E-state index contributed by atoms with van der Waals surface area (Å²) in [5, 5.41) is 0. The van der Waals surface area contributed by atoms with Crippen molar-refractivity contribution in [3.8, 4) is 0 Å². The topological polar surface area (TPSA) is 6.48 Å². The Morgan fingerprint density at radius 1 is 1.05 bits per heavy atom. The minimum absolute atomic E-state index is 0.139. The predicted molar refractivity (Wildman–Crippen MR) is 75.8 cm³/mol. The molecule has 0 radical (unpaired) electrons. The smallest absolute Gasteiger partial charge is 0.123 e. The summed E-state index contributed by atoms with van der Waals surface area (Å²) in [5.74, 6) is -0.139. The largest absolute Gasteiger partial charge is 0.301 e. The maximum Gasteiger partial charge on any atom is 0.123 e. The molecule has 19 heavy (non-hydrogen) atoms. The number of hydrogen-bond donors (Lipinski definition) is 0. The van der Waals surface area contributed by atoms with E-state index < -0.39 is 0 Å². The molecule has 3 heteroatoms. The molecule has 2 aliphatic heterocycles. The summed E-state index contributed by atoms with van der Waals surface area (Å²) in [6, 6.07) is 7.74. The van der Waals surface area contributed by atoms with Gasteiger partial charge in [-0.3, -0.25) is 4.90 Å². The average molecular weight is 262 g/mol. The van der Waals surface area contributed by atoms with Gasteiger partial charge < -0.3 is 4.90 Å². The lowest BCUT2D eigenvalue weighted by molar-refractivity contribution is 0.221. The van der Waals surface area contributed by atoms with Gasteiger partial charge in [-0.25, -0.2) is 4.39 Å². The highest BCUT2D eigenvalue weighted by molar-refractivity contribution is 5.16. The highest BCUT2D eigenvalue weighted by Gasteiger charge is 2.28. The van der Waals surface area contributed by atoms with Crippen LogP contribution in [-0.4, -0.2) is 48.6 Å². The van der Waals surface area contributed by atoms with E-state index in [9.17, 15) is 4.39 Å². The molecule has 0 spiro atoms. The van der Waals surface area contributed by atoms with E-state index in [0.717, 1.165) is 19.0 Å². The van der Waals surface area contributed by atoms with Gasteiger partial charge in [0.05, 0.1) is 0 Å². The Morgan fingerprint density at radius 3 is 2.68 bits per heavy atom. The Kier molecular flexibility index (Phi) is 4.14. The lowest BCUT2D eigenvalue weighted by Crippen LogP contribution is -2.37. The zero-order valence-electron chi connectivity index (χ0n) is 11.5. The second kappa shape index (κ2) is 6.02. The van der Waals surface area contributed by atoms with E-state index in [1.165, 1.54) is 51.0 Å². The molecule has 1 aromatic rings. The van der Waals surface area contributed by atoms with Gasteiger partial charge in [-0.2, -0.15) is 0 Å². The third-order valence-electron chi connectivity index (χ3n) is 4.52. The molecule has 0 aromatic heterocycles. The van der Waals surface area contributed by atoms with Gasteiger partial charge in [0.2, 0.25) is 0 Å². The first-order chi connectivity index (χ1) is 9.31. The van der Waals surface area contributed by atoms with Crippen LogP contribution in [0.25, 0.3) is 0 Å². The third kappa shape index (κ3) is 3.34. The standard InChI is InChI=1S/C16H23FN2/c17-15-6-4-14(5-7-15)8-12-18-9-2-11-19-10-1-3-16(19)13-18/h4-7,16H,1-3,8-13H2. The monoisotopic (exact) mass is 262 g/mol. The third-order valence-corrected chi connectivity index (χ3v) is 4.52. The summed E-state index contributed by atoms with van der Waals surface area (Å²) < 4.78 is 12.9. The molecule has 0 saturated carbocycles.